The summed E-state index contributed by atoms with van der Waals surface area (Å²) in [5.41, 5.74) is 2.09. The van der Waals surface area contributed by atoms with Gasteiger partial charge in [-0.05, 0) is 30.7 Å². The van der Waals surface area contributed by atoms with Crippen molar-refractivity contribution in [1.29, 1.82) is 5.26 Å². The molecule has 0 aromatic heterocycles. The minimum Gasteiger partial charge on any atom is -0.497 e. The van der Waals surface area contributed by atoms with Gasteiger partial charge in [0.15, 0.2) is 6.07 Å². The van der Waals surface area contributed by atoms with Crippen LogP contribution in [0.4, 0.5) is 5.69 Å². The highest BCUT2D eigenvalue weighted by Gasteiger charge is 2.07. The Balaban J connectivity index is 3.14. The Morgan fingerprint density at radius 3 is 2.75 bits per heavy atom. The largest absolute Gasteiger partial charge is 0.497 e. The Morgan fingerprint density at radius 1 is 1.56 bits per heavy atom. The fourth-order valence-corrected chi connectivity index (χ4v) is 1.26. The average molecular weight is 216 g/mol. The van der Waals surface area contributed by atoms with E-state index in [1.165, 1.54) is 6.07 Å². The molecule has 0 heterocycles. The van der Waals surface area contributed by atoms with E-state index in [0.717, 1.165) is 11.1 Å². The summed E-state index contributed by atoms with van der Waals surface area (Å²) >= 11 is 0. The first-order chi connectivity index (χ1) is 7.58. The predicted octanol–water partition coefficient (Wildman–Crippen LogP) is 2.19. The number of carbonyl (C=O) groups excluding carboxylic acids is 1. The summed E-state index contributed by atoms with van der Waals surface area (Å²) < 4.78 is 5.07. The molecule has 0 aliphatic rings. The summed E-state index contributed by atoms with van der Waals surface area (Å²) in [5.74, 6) is -0.0272. The van der Waals surface area contributed by atoms with Gasteiger partial charge in [-0.15, -0.1) is 0 Å². The van der Waals surface area contributed by atoms with Gasteiger partial charge in [0, 0.05) is 11.3 Å². The minimum atomic E-state index is -0.701. The van der Waals surface area contributed by atoms with Crippen molar-refractivity contribution >= 4 is 17.2 Å². The molecule has 1 aromatic rings. The monoisotopic (exact) mass is 216 g/mol. The van der Waals surface area contributed by atoms with E-state index in [1.54, 1.807) is 25.3 Å². The Bertz CT molecular complexity index is 472. The average Bonchev–Trinajstić information content (AvgIpc) is 2.29. The molecule has 4 heteroatoms. The zero-order valence-electron chi connectivity index (χ0n) is 9.20. The van der Waals surface area contributed by atoms with Gasteiger partial charge >= 0.3 is 5.91 Å². The van der Waals surface area contributed by atoms with Gasteiger partial charge in [-0.2, -0.15) is 5.26 Å². The molecule has 1 amide bonds. The predicted molar refractivity (Wildman–Crippen MR) is 61.9 cm³/mol. The van der Waals surface area contributed by atoms with Crippen LogP contribution >= 0.6 is 0 Å². The number of anilines is 1. The molecule has 0 saturated heterocycles. The molecule has 0 bridgehead atoms. The van der Waals surface area contributed by atoms with E-state index in [9.17, 15) is 4.79 Å². The molecule has 0 spiro atoms. The highest BCUT2D eigenvalue weighted by atomic mass is 16.5. The van der Waals surface area contributed by atoms with Crippen molar-refractivity contribution in [2.24, 2.45) is 0 Å². The van der Waals surface area contributed by atoms with Crippen LogP contribution in [-0.4, -0.2) is 13.0 Å². The molecule has 1 N–H and O–H groups in total. The number of allylic oxidation sites excluding steroid dienone is 1. The van der Waals surface area contributed by atoms with Crippen LogP contribution in [0.3, 0.4) is 0 Å². The van der Waals surface area contributed by atoms with Crippen molar-refractivity contribution in [3.63, 3.8) is 0 Å². The standard InChI is InChI=1S/C12H12N2O2/c1-8(2)10-6-9(16-3)4-5-11(10)14-12(15)7-13/h4-6H,1H2,2-3H3,(H,14,15). The summed E-state index contributed by atoms with van der Waals surface area (Å²) in [5, 5.41) is 10.9. The first kappa shape index (κ1) is 11.8. The SMILES string of the molecule is C=C(C)c1cc(OC)ccc1NC(=O)C#N. The number of hydrogen-bond acceptors (Lipinski definition) is 3. The van der Waals surface area contributed by atoms with E-state index in [-0.39, 0.29) is 0 Å². The third kappa shape index (κ3) is 2.61. The van der Waals surface area contributed by atoms with Gasteiger partial charge in [0.1, 0.15) is 5.75 Å². The van der Waals surface area contributed by atoms with Crippen LogP contribution in [0.25, 0.3) is 5.57 Å². The topological polar surface area (TPSA) is 62.1 Å². The first-order valence-electron chi connectivity index (χ1n) is 4.63. The number of nitriles is 1. The number of benzene rings is 1. The van der Waals surface area contributed by atoms with Gasteiger partial charge in [-0.3, -0.25) is 4.79 Å². The Hall–Kier alpha value is -2.28. The molecule has 0 aliphatic carbocycles. The van der Waals surface area contributed by atoms with Crippen LogP contribution in [-0.2, 0) is 4.79 Å². The van der Waals surface area contributed by atoms with E-state index in [1.807, 2.05) is 6.92 Å². The van der Waals surface area contributed by atoms with Gasteiger partial charge < -0.3 is 10.1 Å². The van der Waals surface area contributed by atoms with Crippen molar-refractivity contribution in [1.82, 2.24) is 0 Å². The molecule has 4 nitrogen and oxygen atoms in total. The lowest BCUT2D eigenvalue weighted by atomic mass is 10.1. The van der Waals surface area contributed by atoms with Gasteiger partial charge in [-0.1, -0.05) is 6.58 Å². The number of amides is 1. The van der Waals surface area contributed by atoms with E-state index in [4.69, 9.17) is 10.00 Å². The summed E-state index contributed by atoms with van der Waals surface area (Å²) in [6.07, 6.45) is 0. The second kappa shape index (κ2) is 4.99. The molecule has 0 radical (unpaired) electrons. The van der Waals surface area contributed by atoms with Crippen LogP contribution < -0.4 is 10.1 Å². The van der Waals surface area contributed by atoms with Crippen LogP contribution in [0.15, 0.2) is 24.8 Å². The fraction of sp³-hybridized carbons (Fsp3) is 0.167. The molecule has 0 aliphatic heterocycles. The van der Waals surface area contributed by atoms with E-state index in [0.29, 0.717) is 11.4 Å². The van der Waals surface area contributed by atoms with Gasteiger partial charge in [-0.25, -0.2) is 0 Å². The van der Waals surface area contributed by atoms with E-state index >= 15 is 0 Å². The lowest BCUT2D eigenvalue weighted by molar-refractivity contribution is -0.111. The number of hydrogen-bond donors (Lipinski definition) is 1. The highest BCUT2D eigenvalue weighted by molar-refractivity contribution is 6.03. The molecule has 1 aromatic carbocycles. The molecule has 0 fully saturated rings. The zero-order chi connectivity index (χ0) is 12.1. The van der Waals surface area contributed by atoms with Crippen LogP contribution in [0.1, 0.15) is 12.5 Å². The third-order valence-corrected chi connectivity index (χ3v) is 2.04. The molecule has 16 heavy (non-hydrogen) atoms. The maximum absolute atomic E-state index is 11.0. The second-order valence-corrected chi connectivity index (χ2v) is 3.26. The normalized spacial score (nSPS) is 9.06. The Kier molecular flexibility index (Phi) is 3.67. The molecule has 82 valence electrons. The van der Waals surface area contributed by atoms with Crippen molar-refractivity contribution < 1.29 is 9.53 Å². The number of nitrogens with zero attached hydrogens (tertiary/aromatic N) is 1. The summed E-state index contributed by atoms with van der Waals surface area (Å²) in [4.78, 5) is 11.0. The van der Waals surface area contributed by atoms with Crippen molar-refractivity contribution in [3.05, 3.63) is 30.3 Å². The summed E-state index contributed by atoms with van der Waals surface area (Å²) in [6, 6.07) is 6.64. The second-order valence-electron chi connectivity index (χ2n) is 3.26. The molecular formula is C12H12N2O2. The number of nitrogens with one attached hydrogen (secondary N) is 1. The fourth-order valence-electron chi connectivity index (χ4n) is 1.26. The van der Waals surface area contributed by atoms with Crippen molar-refractivity contribution in [2.45, 2.75) is 6.92 Å². The molecular weight excluding hydrogens is 204 g/mol. The van der Waals surface area contributed by atoms with Gasteiger partial charge in [0.2, 0.25) is 0 Å². The molecule has 0 unspecified atom stereocenters. The Morgan fingerprint density at radius 2 is 2.25 bits per heavy atom. The first-order valence-corrected chi connectivity index (χ1v) is 4.63. The summed E-state index contributed by atoms with van der Waals surface area (Å²) in [7, 11) is 1.56. The Labute approximate surface area is 94.1 Å². The highest BCUT2D eigenvalue weighted by Crippen LogP contribution is 2.27. The molecule has 0 atom stereocenters. The number of rotatable bonds is 3. The van der Waals surface area contributed by atoms with Crippen LogP contribution in [0.2, 0.25) is 0 Å². The molecule has 1 rings (SSSR count). The third-order valence-electron chi connectivity index (χ3n) is 2.04. The van der Waals surface area contributed by atoms with Gasteiger partial charge in [0.25, 0.3) is 0 Å². The minimum absolute atomic E-state index is 0.555. The molecule has 0 saturated carbocycles. The maximum Gasteiger partial charge on any atom is 0.326 e. The smallest absolute Gasteiger partial charge is 0.326 e. The quantitative estimate of drug-likeness (QED) is 0.788. The van der Waals surface area contributed by atoms with Gasteiger partial charge in [0.05, 0.1) is 7.11 Å². The number of ether oxygens (including phenoxy) is 1. The maximum atomic E-state index is 11.0. The number of carbonyl (C=O) groups is 1. The van der Waals surface area contributed by atoms with E-state index < -0.39 is 5.91 Å². The van der Waals surface area contributed by atoms with Crippen LogP contribution in [0.5, 0.6) is 5.75 Å². The zero-order valence-corrected chi connectivity index (χ0v) is 9.20. The lowest BCUT2D eigenvalue weighted by Gasteiger charge is -2.10. The van der Waals surface area contributed by atoms with E-state index in [2.05, 4.69) is 11.9 Å². The van der Waals surface area contributed by atoms with Crippen molar-refractivity contribution in [3.8, 4) is 11.8 Å². The number of methoxy groups -OCH3 is 1. The van der Waals surface area contributed by atoms with Crippen LogP contribution in [0, 0.1) is 11.3 Å². The lowest BCUT2D eigenvalue weighted by Crippen LogP contribution is -2.09. The van der Waals surface area contributed by atoms with Crippen molar-refractivity contribution in [2.75, 3.05) is 12.4 Å². The summed E-state index contributed by atoms with van der Waals surface area (Å²) in [6.45, 7) is 5.62.